The molecule has 2 fully saturated rings. The Labute approximate surface area is 181 Å². The van der Waals surface area contributed by atoms with Crippen molar-refractivity contribution in [2.75, 3.05) is 26.7 Å². The van der Waals surface area contributed by atoms with Gasteiger partial charge in [-0.3, -0.25) is 0 Å². The molecular weight excluding hydrogens is 376 g/mol. The Morgan fingerprint density at radius 3 is 2.67 bits per heavy atom. The van der Waals surface area contributed by atoms with Gasteiger partial charge in [0.15, 0.2) is 5.96 Å². The van der Waals surface area contributed by atoms with Crippen molar-refractivity contribution in [1.82, 2.24) is 15.5 Å². The van der Waals surface area contributed by atoms with E-state index in [1.807, 2.05) is 0 Å². The van der Waals surface area contributed by atoms with Crippen LogP contribution in [-0.2, 0) is 13.0 Å². The standard InChI is InChI=1S/C24H38N4O2/c1-4-25-24(27-20-9-11-28(12-10-20)21-7-5-6-8-21)26-16-19-15-23-18(13-17(2)30-23)14-22(19)29-3/h14-15,17,20-21H,4-13,16H2,1-3H3,(H2,25,26,27). The molecule has 1 atom stereocenters. The van der Waals surface area contributed by atoms with Crippen molar-refractivity contribution in [3.05, 3.63) is 23.3 Å². The first-order chi connectivity index (χ1) is 14.7. The molecule has 2 N–H and O–H groups in total. The SMILES string of the molecule is CCNC(=NCc1cc2c(cc1OC)CC(C)O2)NC1CCN(C2CCCC2)CC1. The fourth-order valence-corrected chi connectivity index (χ4v) is 5.15. The normalized spacial score (nSPS) is 23.3. The summed E-state index contributed by atoms with van der Waals surface area (Å²) in [5, 5.41) is 7.09. The van der Waals surface area contributed by atoms with E-state index in [4.69, 9.17) is 14.5 Å². The van der Waals surface area contributed by atoms with E-state index in [1.54, 1.807) is 7.11 Å². The molecule has 30 heavy (non-hydrogen) atoms. The summed E-state index contributed by atoms with van der Waals surface area (Å²) in [4.78, 5) is 7.59. The van der Waals surface area contributed by atoms with Crippen LogP contribution in [-0.4, -0.2) is 55.8 Å². The van der Waals surface area contributed by atoms with Gasteiger partial charge < -0.3 is 25.0 Å². The van der Waals surface area contributed by atoms with E-state index in [0.29, 0.717) is 12.6 Å². The summed E-state index contributed by atoms with van der Waals surface area (Å²) in [6.45, 7) is 8.06. The summed E-state index contributed by atoms with van der Waals surface area (Å²) in [7, 11) is 1.73. The lowest BCUT2D eigenvalue weighted by atomic mass is 10.0. The Bertz CT molecular complexity index is 737. The van der Waals surface area contributed by atoms with Crippen LogP contribution in [0.5, 0.6) is 11.5 Å². The molecule has 0 amide bonds. The molecule has 6 heteroatoms. The zero-order chi connectivity index (χ0) is 20.9. The minimum absolute atomic E-state index is 0.234. The minimum atomic E-state index is 0.234. The maximum Gasteiger partial charge on any atom is 0.191 e. The van der Waals surface area contributed by atoms with Crippen LogP contribution in [0.4, 0.5) is 0 Å². The fraction of sp³-hybridized carbons (Fsp3) is 0.708. The van der Waals surface area contributed by atoms with E-state index in [0.717, 1.165) is 42.0 Å². The summed E-state index contributed by atoms with van der Waals surface area (Å²) >= 11 is 0. The van der Waals surface area contributed by atoms with E-state index in [2.05, 4.69) is 41.5 Å². The molecule has 0 aromatic heterocycles. The molecule has 0 spiro atoms. The van der Waals surface area contributed by atoms with Gasteiger partial charge in [-0.25, -0.2) is 4.99 Å². The monoisotopic (exact) mass is 414 g/mol. The van der Waals surface area contributed by atoms with E-state index in [-0.39, 0.29) is 6.10 Å². The number of ether oxygens (including phenoxy) is 2. The molecule has 1 unspecified atom stereocenters. The number of benzene rings is 1. The smallest absolute Gasteiger partial charge is 0.191 e. The van der Waals surface area contributed by atoms with Gasteiger partial charge in [0.2, 0.25) is 0 Å². The maximum absolute atomic E-state index is 5.94. The minimum Gasteiger partial charge on any atom is -0.496 e. The number of nitrogens with one attached hydrogen (secondary N) is 2. The third-order valence-electron chi connectivity index (χ3n) is 6.76. The van der Waals surface area contributed by atoms with Gasteiger partial charge in [-0.1, -0.05) is 12.8 Å². The number of nitrogens with zero attached hydrogens (tertiary/aromatic N) is 2. The molecule has 3 aliphatic rings. The molecule has 1 aromatic carbocycles. The number of fused-ring (bicyclic) bond motifs is 1. The molecular formula is C24H38N4O2. The number of guanidine groups is 1. The predicted octanol–water partition coefficient (Wildman–Crippen LogP) is 3.48. The van der Waals surface area contributed by atoms with Crippen LogP contribution in [0.2, 0.25) is 0 Å². The Balaban J connectivity index is 1.37. The molecule has 0 radical (unpaired) electrons. The lowest BCUT2D eigenvalue weighted by Crippen LogP contribution is -2.50. The van der Waals surface area contributed by atoms with Crippen molar-refractivity contribution < 1.29 is 9.47 Å². The van der Waals surface area contributed by atoms with E-state index >= 15 is 0 Å². The molecule has 166 valence electrons. The highest BCUT2D eigenvalue weighted by atomic mass is 16.5. The van der Waals surface area contributed by atoms with Gasteiger partial charge in [-0.05, 0) is 51.7 Å². The number of methoxy groups -OCH3 is 1. The highest BCUT2D eigenvalue weighted by Crippen LogP contribution is 2.35. The molecule has 1 saturated carbocycles. The number of likely N-dealkylation sites (tertiary alicyclic amines) is 1. The molecule has 4 rings (SSSR count). The Hall–Kier alpha value is -1.95. The zero-order valence-corrected chi connectivity index (χ0v) is 18.9. The van der Waals surface area contributed by atoms with Gasteiger partial charge in [0.1, 0.15) is 17.6 Å². The number of hydrogen-bond acceptors (Lipinski definition) is 4. The van der Waals surface area contributed by atoms with Crippen LogP contribution in [0.1, 0.15) is 63.5 Å². The van der Waals surface area contributed by atoms with Crippen molar-refractivity contribution in [2.45, 2.75) is 83.5 Å². The van der Waals surface area contributed by atoms with Crippen LogP contribution in [0, 0.1) is 0 Å². The van der Waals surface area contributed by atoms with Gasteiger partial charge in [0, 0.05) is 49.3 Å². The number of piperidine rings is 1. The highest BCUT2D eigenvalue weighted by molar-refractivity contribution is 5.80. The van der Waals surface area contributed by atoms with E-state index < -0.39 is 0 Å². The quantitative estimate of drug-likeness (QED) is 0.551. The van der Waals surface area contributed by atoms with Crippen LogP contribution in [0.3, 0.4) is 0 Å². The first-order valence-electron chi connectivity index (χ1n) is 11.8. The topological polar surface area (TPSA) is 58.1 Å². The zero-order valence-electron chi connectivity index (χ0n) is 18.9. The van der Waals surface area contributed by atoms with Gasteiger partial charge in [-0.15, -0.1) is 0 Å². The van der Waals surface area contributed by atoms with E-state index in [1.165, 1.54) is 57.2 Å². The number of rotatable bonds is 6. The van der Waals surface area contributed by atoms with Crippen LogP contribution < -0.4 is 20.1 Å². The predicted molar refractivity (Wildman–Crippen MR) is 122 cm³/mol. The molecule has 2 aliphatic heterocycles. The van der Waals surface area contributed by atoms with E-state index in [9.17, 15) is 0 Å². The average molecular weight is 415 g/mol. The van der Waals surface area contributed by atoms with Crippen LogP contribution in [0.15, 0.2) is 17.1 Å². The lowest BCUT2D eigenvalue weighted by molar-refractivity contribution is 0.150. The molecule has 2 heterocycles. The first-order valence-corrected chi connectivity index (χ1v) is 11.8. The van der Waals surface area contributed by atoms with Crippen molar-refractivity contribution in [2.24, 2.45) is 4.99 Å². The third-order valence-corrected chi connectivity index (χ3v) is 6.76. The second-order valence-electron chi connectivity index (χ2n) is 8.99. The van der Waals surface area contributed by atoms with Gasteiger partial charge in [-0.2, -0.15) is 0 Å². The van der Waals surface area contributed by atoms with Crippen molar-refractivity contribution >= 4 is 5.96 Å². The van der Waals surface area contributed by atoms with Gasteiger partial charge >= 0.3 is 0 Å². The summed E-state index contributed by atoms with van der Waals surface area (Å²) in [6, 6.07) is 5.55. The van der Waals surface area contributed by atoms with Crippen molar-refractivity contribution in [3.8, 4) is 11.5 Å². The summed E-state index contributed by atoms with van der Waals surface area (Å²) in [5.74, 6) is 2.77. The second-order valence-corrected chi connectivity index (χ2v) is 8.99. The average Bonchev–Trinajstić information content (AvgIpc) is 3.40. The molecule has 0 bridgehead atoms. The summed E-state index contributed by atoms with van der Waals surface area (Å²) in [5.41, 5.74) is 2.30. The Morgan fingerprint density at radius 1 is 1.20 bits per heavy atom. The lowest BCUT2D eigenvalue weighted by Gasteiger charge is -2.36. The second kappa shape index (κ2) is 9.90. The Morgan fingerprint density at radius 2 is 1.97 bits per heavy atom. The molecule has 6 nitrogen and oxygen atoms in total. The van der Waals surface area contributed by atoms with Gasteiger partial charge in [0.25, 0.3) is 0 Å². The molecule has 1 saturated heterocycles. The molecule has 1 aromatic rings. The third kappa shape index (κ3) is 5.02. The first kappa shape index (κ1) is 21.3. The Kier molecular flexibility index (Phi) is 7.03. The number of hydrogen-bond donors (Lipinski definition) is 2. The molecule has 1 aliphatic carbocycles. The fourth-order valence-electron chi connectivity index (χ4n) is 5.15. The van der Waals surface area contributed by atoms with Gasteiger partial charge in [0.05, 0.1) is 13.7 Å². The van der Waals surface area contributed by atoms with Crippen LogP contribution in [0.25, 0.3) is 0 Å². The maximum atomic E-state index is 5.94. The van der Waals surface area contributed by atoms with Crippen LogP contribution >= 0.6 is 0 Å². The summed E-state index contributed by atoms with van der Waals surface area (Å²) in [6.07, 6.45) is 9.17. The number of aliphatic imine (C=N–C) groups is 1. The largest absolute Gasteiger partial charge is 0.496 e. The van der Waals surface area contributed by atoms with Crippen molar-refractivity contribution in [1.29, 1.82) is 0 Å². The van der Waals surface area contributed by atoms with Crippen molar-refractivity contribution in [3.63, 3.8) is 0 Å². The highest BCUT2D eigenvalue weighted by Gasteiger charge is 2.27. The summed E-state index contributed by atoms with van der Waals surface area (Å²) < 4.78 is 11.6.